The Balaban J connectivity index is 1.49. The lowest BCUT2D eigenvalue weighted by atomic mass is 10.0. The SMILES string of the molecule is CCOC(=O)c1c(-c2ccc(OCC)cc2)csc1NC(=O)/C=C/c1ccc(OCc2c(Cl)cccc2Cl)c(OC)c1. The topological polar surface area (TPSA) is 83.1 Å². The first-order valence-corrected chi connectivity index (χ1v) is 14.7. The smallest absolute Gasteiger partial charge is 0.341 e. The first kappa shape index (κ1) is 31.0. The van der Waals surface area contributed by atoms with E-state index in [0.29, 0.717) is 55.4 Å². The quantitative estimate of drug-likeness (QED) is 0.125. The molecule has 0 saturated heterocycles. The summed E-state index contributed by atoms with van der Waals surface area (Å²) in [7, 11) is 1.53. The monoisotopic (exact) mass is 625 g/mol. The number of benzene rings is 3. The van der Waals surface area contributed by atoms with Crippen molar-refractivity contribution >= 4 is 57.5 Å². The maximum atomic E-state index is 12.9. The van der Waals surface area contributed by atoms with Gasteiger partial charge >= 0.3 is 5.97 Å². The molecular formula is C32H29Cl2NO6S. The molecule has 1 N–H and O–H groups in total. The minimum Gasteiger partial charge on any atom is -0.494 e. The van der Waals surface area contributed by atoms with Gasteiger partial charge in [-0.3, -0.25) is 4.79 Å². The highest BCUT2D eigenvalue weighted by molar-refractivity contribution is 7.15. The maximum Gasteiger partial charge on any atom is 0.341 e. The fourth-order valence-corrected chi connectivity index (χ4v) is 5.49. The summed E-state index contributed by atoms with van der Waals surface area (Å²) >= 11 is 13.7. The molecule has 0 fully saturated rings. The molecule has 10 heteroatoms. The van der Waals surface area contributed by atoms with Gasteiger partial charge in [0.2, 0.25) is 5.91 Å². The van der Waals surface area contributed by atoms with Crippen molar-refractivity contribution < 1.29 is 28.5 Å². The molecule has 0 aliphatic rings. The molecule has 0 unspecified atom stereocenters. The Morgan fingerprint density at radius 1 is 0.929 bits per heavy atom. The summed E-state index contributed by atoms with van der Waals surface area (Å²) in [5, 5.41) is 6.05. The number of halogens is 2. The first-order chi connectivity index (χ1) is 20.3. The minimum absolute atomic E-state index is 0.161. The Hall–Kier alpha value is -3.98. The Morgan fingerprint density at radius 3 is 2.33 bits per heavy atom. The highest BCUT2D eigenvalue weighted by Crippen LogP contribution is 2.37. The van der Waals surface area contributed by atoms with Crippen molar-refractivity contribution in [2.24, 2.45) is 0 Å². The van der Waals surface area contributed by atoms with Gasteiger partial charge in [0.05, 0.1) is 20.3 Å². The van der Waals surface area contributed by atoms with Crippen molar-refractivity contribution in [2.75, 3.05) is 25.6 Å². The fourth-order valence-electron chi connectivity index (χ4n) is 4.02. The number of anilines is 1. The van der Waals surface area contributed by atoms with Crippen molar-refractivity contribution in [3.8, 4) is 28.4 Å². The minimum atomic E-state index is -0.514. The van der Waals surface area contributed by atoms with Crippen LogP contribution in [0.1, 0.15) is 35.3 Å². The molecule has 1 aromatic heterocycles. The number of nitrogens with one attached hydrogen (secondary N) is 1. The standard InChI is InChI=1S/C32H29Cl2NO6S/c1-4-39-22-13-11-21(12-14-22)24-19-42-31(30(24)32(37)40-5-2)35-29(36)16-10-20-9-15-27(28(17-20)38-3)41-18-23-25(33)7-6-8-26(23)34/h6-17,19H,4-5,18H2,1-3H3,(H,35,36)/b16-10+. The third-order valence-electron chi connectivity index (χ3n) is 6.03. The van der Waals surface area contributed by atoms with Gasteiger partial charge in [-0.15, -0.1) is 11.3 Å². The molecule has 0 aliphatic heterocycles. The largest absolute Gasteiger partial charge is 0.494 e. The van der Waals surface area contributed by atoms with Crippen LogP contribution in [0, 0.1) is 0 Å². The van der Waals surface area contributed by atoms with Gasteiger partial charge in [-0.05, 0) is 67.4 Å². The van der Waals surface area contributed by atoms with E-state index in [4.69, 9.17) is 42.1 Å². The zero-order valence-electron chi connectivity index (χ0n) is 23.2. The Bertz CT molecular complexity index is 1560. The van der Waals surface area contributed by atoms with E-state index in [0.717, 1.165) is 11.3 Å². The lowest BCUT2D eigenvalue weighted by Gasteiger charge is -2.13. The summed E-state index contributed by atoms with van der Waals surface area (Å²) < 4.78 is 22.2. The Morgan fingerprint density at radius 2 is 1.67 bits per heavy atom. The summed E-state index contributed by atoms with van der Waals surface area (Å²) in [6.07, 6.45) is 3.02. The number of carbonyl (C=O) groups excluding carboxylic acids is 2. The zero-order chi connectivity index (χ0) is 30.1. The number of carbonyl (C=O) groups is 2. The van der Waals surface area contributed by atoms with Crippen LogP contribution in [-0.4, -0.2) is 32.2 Å². The molecule has 4 aromatic rings. The van der Waals surface area contributed by atoms with Crippen LogP contribution in [0.15, 0.2) is 72.1 Å². The molecule has 0 radical (unpaired) electrons. The number of ether oxygens (including phenoxy) is 4. The molecule has 1 heterocycles. The lowest BCUT2D eigenvalue weighted by Crippen LogP contribution is -2.12. The molecule has 7 nitrogen and oxygen atoms in total. The van der Waals surface area contributed by atoms with Gasteiger partial charge in [0.25, 0.3) is 0 Å². The molecule has 3 aromatic carbocycles. The molecule has 0 saturated carbocycles. The van der Waals surface area contributed by atoms with Crippen LogP contribution >= 0.6 is 34.5 Å². The molecule has 42 heavy (non-hydrogen) atoms. The average Bonchev–Trinajstić information content (AvgIpc) is 3.40. The van der Waals surface area contributed by atoms with E-state index in [1.165, 1.54) is 24.5 Å². The van der Waals surface area contributed by atoms with E-state index in [1.54, 1.807) is 49.4 Å². The summed E-state index contributed by atoms with van der Waals surface area (Å²) in [6, 6.07) is 17.9. The van der Waals surface area contributed by atoms with Gasteiger partial charge in [-0.25, -0.2) is 4.79 Å². The summed E-state index contributed by atoms with van der Waals surface area (Å²) in [5.41, 5.74) is 3.15. The fraction of sp³-hybridized carbons (Fsp3) is 0.188. The number of hydrogen-bond donors (Lipinski definition) is 1. The van der Waals surface area contributed by atoms with Crippen LogP contribution in [0.5, 0.6) is 17.2 Å². The second-order valence-electron chi connectivity index (χ2n) is 8.75. The molecule has 0 bridgehead atoms. The number of thiophene rings is 1. The summed E-state index contributed by atoms with van der Waals surface area (Å²) in [4.78, 5) is 25.8. The highest BCUT2D eigenvalue weighted by Gasteiger charge is 2.22. The third-order valence-corrected chi connectivity index (χ3v) is 7.64. The normalized spacial score (nSPS) is 10.9. The third kappa shape index (κ3) is 7.64. The van der Waals surface area contributed by atoms with Crippen molar-refractivity contribution in [3.05, 3.63) is 98.9 Å². The van der Waals surface area contributed by atoms with Crippen LogP contribution in [-0.2, 0) is 16.1 Å². The second-order valence-corrected chi connectivity index (χ2v) is 10.4. The summed E-state index contributed by atoms with van der Waals surface area (Å²) in [6.45, 7) is 4.57. The molecule has 218 valence electrons. The Labute approximate surface area is 258 Å². The van der Waals surface area contributed by atoms with E-state index in [9.17, 15) is 9.59 Å². The van der Waals surface area contributed by atoms with Crippen molar-refractivity contribution in [1.29, 1.82) is 0 Å². The van der Waals surface area contributed by atoms with Crippen molar-refractivity contribution in [2.45, 2.75) is 20.5 Å². The van der Waals surface area contributed by atoms with Crippen LogP contribution in [0.4, 0.5) is 5.00 Å². The van der Waals surface area contributed by atoms with Crippen molar-refractivity contribution in [1.82, 2.24) is 0 Å². The summed E-state index contributed by atoms with van der Waals surface area (Å²) in [5.74, 6) is 0.779. The van der Waals surface area contributed by atoms with E-state index in [2.05, 4.69) is 5.32 Å². The average molecular weight is 627 g/mol. The van der Waals surface area contributed by atoms with E-state index in [1.807, 2.05) is 36.6 Å². The predicted molar refractivity (Wildman–Crippen MR) is 168 cm³/mol. The number of rotatable bonds is 12. The highest BCUT2D eigenvalue weighted by atomic mass is 35.5. The van der Waals surface area contributed by atoms with E-state index >= 15 is 0 Å². The molecule has 0 atom stereocenters. The van der Waals surface area contributed by atoms with Gasteiger partial charge < -0.3 is 24.3 Å². The van der Waals surface area contributed by atoms with Crippen LogP contribution in [0.3, 0.4) is 0 Å². The van der Waals surface area contributed by atoms with Gasteiger partial charge in [0.15, 0.2) is 11.5 Å². The second kappa shape index (κ2) is 14.8. The molecule has 0 aliphatic carbocycles. The van der Waals surface area contributed by atoms with Crippen LogP contribution in [0.25, 0.3) is 17.2 Å². The molecule has 4 rings (SSSR count). The number of amides is 1. The Kier molecular flexibility index (Phi) is 10.9. The number of hydrogen-bond acceptors (Lipinski definition) is 7. The van der Waals surface area contributed by atoms with Crippen LogP contribution in [0.2, 0.25) is 10.0 Å². The van der Waals surface area contributed by atoms with Crippen molar-refractivity contribution in [3.63, 3.8) is 0 Å². The molecule has 0 spiro atoms. The predicted octanol–water partition coefficient (Wildman–Crippen LogP) is 8.54. The molecular weight excluding hydrogens is 597 g/mol. The number of esters is 1. The van der Waals surface area contributed by atoms with Gasteiger partial charge in [0.1, 0.15) is 22.9 Å². The zero-order valence-corrected chi connectivity index (χ0v) is 25.6. The van der Waals surface area contributed by atoms with Gasteiger partial charge in [0, 0.05) is 32.6 Å². The van der Waals surface area contributed by atoms with E-state index < -0.39 is 11.9 Å². The lowest BCUT2D eigenvalue weighted by molar-refractivity contribution is -0.111. The number of methoxy groups -OCH3 is 1. The maximum absolute atomic E-state index is 12.9. The van der Waals surface area contributed by atoms with Crippen LogP contribution < -0.4 is 19.5 Å². The molecule has 1 amide bonds. The van der Waals surface area contributed by atoms with Gasteiger partial charge in [-0.2, -0.15) is 0 Å². The first-order valence-electron chi connectivity index (χ1n) is 13.1. The van der Waals surface area contributed by atoms with Gasteiger partial charge in [-0.1, -0.05) is 47.5 Å². The van der Waals surface area contributed by atoms with E-state index in [-0.39, 0.29) is 13.2 Å².